The number of hydrogen-bond acceptors (Lipinski definition) is 6. The highest BCUT2D eigenvalue weighted by Gasteiger charge is 2.08. The van der Waals surface area contributed by atoms with Gasteiger partial charge in [0.2, 0.25) is 15.9 Å². The molecule has 24 heavy (non-hydrogen) atoms. The Balaban J connectivity index is 1.87. The summed E-state index contributed by atoms with van der Waals surface area (Å²) < 4.78 is 33.1. The van der Waals surface area contributed by atoms with E-state index in [1.165, 1.54) is 6.20 Å². The Morgan fingerprint density at radius 3 is 2.62 bits per heavy atom. The minimum absolute atomic E-state index is 0.266. The predicted molar refractivity (Wildman–Crippen MR) is 89.4 cm³/mol. The first-order chi connectivity index (χ1) is 11.4. The Bertz CT molecular complexity index is 972. The van der Waals surface area contributed by atoms with E-state index in [1.54, 1.807) is 31.5 Å². The first kappa shape index (κ1) is 16.2. The van der Waals surface area contributed by atoms with Gasteiger partial charge in [0.25, 0.3) is 0 Å². The van der Waals surface area contributed by atoms with Crippen LogP contribution in [-0.4, -0.2) is 25.5 Å². The number of nitrogens with two attached hydrogens (primary N) is 1. The summed E-state index contributed by atoms with van der Waals surface area (Å²) in [5.41, 5.74) is 1.23. The Kier molecular flexibility index (Phi) is 4.32. The first-order valence-corrected chi connectivity index (χ1v) is 8.72. The minimum Gasteiger partial charge on any atom is -0.497 e. The van der Waals surface area contributed by atoms with E-state index in [9.17, 15) is 8.42 Å². The van der Waals surface area contributed by atoms with Crippen molar-refractivity contribution in [1.29, 1.82) is 0 Å². The fourth-order valence-corrected chi connectivity index (χ4v) is 2.85. The molecule has 0 aliphatic carbocycles. The van der Waals surface area contributed by atoms with Crippen LogP contribution in [0, 0.1) is 0 Å². The van der Waals surface area contributed by atoms with Crippen LogP contribution in [-0.2, 0) is 15.8 Å². The van der Waals surface area contributed by atoms with Crippen molar-refractivity contribution in [2.45, 2.75) is 5.75 Å². The van der Waals surface area contributed by atoms with Crippen molar-refractivity contribution >= 4 is 20.9 Å². The molecule has 0 radical (unpaired) electrons. The Hall–Kier alpha value is -2.71. The molecule has 0 saturated heterocycles. The monoisotopic (exact) mass is 345 g/mol. The van der Waals surface area contributed by atoms with Gasteiger partial charge in [-0.1, -0.05) is 6.07 Å². The van der Waals surface area contributed by atoms with Gasteiger partial charge in [0.15, 0.2) is 0 Å². The third-order valence-electron chi connectivity index (χ3n) is 3.29. The zero-order valence-electron chi connectivity index (χ0n) is 12.8. The number of hydrogen-bond donors (Lipinski definition) is 1. The maximum Gasteiger partial charge on any atom is 0.219 e. The van der Waals surface area contributed by atoms with Crippen molar-refractivity contribution < 1.29 is 17.9 Å². The molecule has 2 heterocycles. The predicted octanol–water partition coefficient (Wildman–Crippen LogP) is 2.22. The van der Waals surface area contributed by atoms with E-state index in [1.807, 2.05) is 18.2 Å². The average molecular weight is 345 g/mol. The van der Waals surface area contributed by atoms with Crippen molar-refractivity contribution in [3.05, 3.63) is 54.4 Å². The van der Waals surface area contributed by atoms with Crippen LogP contribution in [0.15, 0.2) is 48.8 Å². The standard InChI is InChI=1S/C16H15N3O4S/c1-22-12-3-4-13-14(8-12)18-7-6-15(13)23-16-5-2-11(9-19-16)10-24(17,20)21/h2-9H,10H2,1H3,(H2,17,20,21). The van der Waals surface area contributed by atoms with E-state index in [0.717, 1.165) is 10.9 Å². The highest BCUT2D eigenvalue weighted by Crippen LogP contribution is 2.30. The molecule has 124 valence electrons. The molecule has 0 amide bonds. The fraction of sp³-hybridized carbons (Fsp3) is 0.125. The van der Waals surface area contributed by atoms with Crippen LogP contribution in [0.1, 0.15) is 5.56 Å². The highest BCUT2D eigenvalue weighted by molar-refractivity contribution is 7.88. The molecule has 2 N–H and O–H groups in total. The highest BCUT2D eigenvalue weighted by atomic mass is 32.2. The second-order valence-electron chi connectivity index (χ2n) is 5.11. The van der Waals surface area contributed by atoms with Gasteiger partial charge in [0.05, 0.1) is 18.4 Å². The summed E-state index contributed by atoms with van der Waals surface area (Å²) in [6, 6.07) is 10.4. The van der Waals surface area contributed by atoms with Crippen molar-refractivity contribution in [1.82, 2.24) is 9.97 Å². The third kappa shape index (κ3) is 3.79. The normalized spacial score (nSPS) is 11.4. The molecule has 2 aromatic heterocycles. The lowest BCUT2D eigenvalue weighted by molar-refractivity contribution is 0.415. The molecular formula is C16H15N3O4S. The van der Waals surface area contributed by atoms with Crippen LogP contribution in [0.3, 0.4) is 0 Å². The number of methoxy groups -OCH3 is 1. The second-order valence-corrected chi connectivity index (χ2v) is 6.72. The van der Waals surface area contributed by atoms with Gasteiger partial charge in [0.1, 0.15) is 11.5 Å². The molecule has 0 bridgehead atoms. The van der Waals surface area contributed by atoms with Crippen molar-refractivity contribution in [3.8, 4) is 17.4 Å². The maximum atomic E-state index is 11.1. The van der Waals surface area contributed by atoms with E-state index in [4.69, 9.17) is 14.6 Å². The number of pyridine rings is 2. The number of primary sulfonamides is 1. The summed E-state index contributed by atoms with van der Waals surface area (Å²) in [5.74, 6) is 1.38. The summed E-state index contributed by atoms with van der Waals surface area (Å²) in [5, 5.41) is 5.82. The minimum atomic E-state index is -3.59. The summed E-state index contributed by atoms with van der Waals surface area (Å²) >= 11 is 0. The average Bonchev–Trinajstić information content (AvgIpc) is 2.55. The molecule has 0 unspecified atom stereocenters. The molecule has 3 rings (SSSR count). The van der Waals surface area contributed by atoms with Gasteiger partial charge in [-0.15, -0.1) is 0 Å². The second kappa shape index (κ2) is 6.42. The SMILES string of the molecule is COc1ccc2c(Oc3ccc(CS(N)(=O)=O)cn3)ccnc2c1. The van der Waals surface area contributed by atoms with Gasteiger partial charge in [-0.3, -0.25) is 4.98 Å². The van der Waals surface area contributed by atoms with Gasteiger partial charge in [-0.25, -0.2) is 18.5 Å². The largest absolute Gasteiger partial charge is 0.497 e. The number of aromatic nitrogens is 2. The van der Waals surface area contributed by atoms with Gasteiger partial charge in [0, 0.05) is 29.9 Å². The Labute approximate surface area is 139 Å². The van der Waals surface area contributed by atoms with E-state index >= 15 is 0 Å². The summed E-state index contributed by atoms with van der Waals surface area (Å²) in [4.78, 5) is 8.40. The van der Waals surface area contributed by atoms with Crippen LogP contribution in [0.25, 0.3) is 10.9 Å². The van der Waals surface area contributed by atoms with Crippen LogP contribution in [0.2, 0.25) is 0 Å². The molecule has 0 fully saturated rings. The first-order valence-electron chi connectivity index (χ1n) is 7.00. The number of fused-ring (bicyclic) bond motifs is 1. The number of rotatable bonds is 5. The zero-order valence-corrected chi connectivity index (χ0v) is 13.7. The summed E-state index contributed by atoms with van der Waals surface area (Å²) in [6.45, 7) is 0. The molecule has 7 nitrogen and oxygen atoms in total. The molecule has 0 aliphatic rings. The summed E-state index contributed by atoms with van der Waals surface area (Å²) in [7, 11) is -1.99. The Morgan fingerprint density at radius 1 is 1.12 bits per heavy atom. The van der Waals surface area contributed by atoms with Gasteiger partial charge < -0.3 is 9.47 Å². The number of benzene rings is 1. The van der Waals surface area contributed by atoms with Crippen molar-refractivity contribution in [2.75, 3.05) is 7.11 Å². The summed E-state index contributed by atoms with van der Waals surface area (Å²) in [6.07, 6.45) is 3.05. The number of nitrogens with zero attached hydrogens (tertiary/aromatic N) is 2. The lowest BCUT2D eigenvalue weighted by Gasteiger charge is -2.09. The van der Waals surface area contributed by atoms with Gasteiger partial charge in [-0.05, 0) is 23.8 Å². The third-order valence-corrected chi connectivity index (χ3v) is 4.03. The Morgan fingerprint density at radius 2 is 1.96 bits per heavy atom. The van der Waals surface area contributed by atoms with E-state index in [-0.39, 0.29) is 5.75 Å². The molecule has 0 aliphatic heterocycles. The quantitative estimate of drug-likeness (QED) is 0.760. The molecular weight excluding hydrogens is 330 g/mol. The van der Waals surface area contributed by atoms with Gasteiger partial charge in [-0.2, -0.15) is 0 Å². The number of ether oxygens (including phenoxy) is 2. The van der Waals surface area contributed by atoms with E-state index in [0.29, 0.717) is 22.9 Å². The topological polar surface area (TPSA) is 104 Å². The molecule has 3 aromatic rings. The van der Waals surface area contributed by atoms with E-state index in [2.05, 4.69) is 9.97 Å². The van der Waals surface area contributed by atoms with Crippen molar-refractivity contribution in [2.24, 2.45) is 5.14 Å². The smallest absolute Gasteiger partial charge is 0.219 e. The van der Waals surface area contributed by atoms with Crippen LogP contribution in [0.4, 0.5) is 0 Å². The lowest BCUT2D eigenvalue weighted by Crippen LogP contribution is -2.14. The maximum absolute atomic E-state index is 11.1. The molecule has 0 spiro atoms. The molecule has 0 saturated carbocycles. The van der Waals surface area contributed by atoms with Crippen LogP contribution >= 0.6 is 0 Å². The zero-order chi connectivity index (χ0) is 17.2. The fourth-order valence-electron chi connectivity index (χ4n) is 2.22. The number of sulfonamides is 1. The molecule has 8 heteroatoms. The molecule has 0 atom stereocenters. The van der Waals surface area contributed by atoms with Crippen LogP contribution < -0.4 is 14.6 Å². The van der Waals surface area contributed by atoms with Crippen molar-refractivity contribution in [3.63, 3.8) is 0 Å². The molecule has 1 aromatic carbocycles. The van der Waals surface area contributed by atoms with E-state index < -0.39 is 10.0 Å². The lowest BCUT2D eigenvalue weighted by atomic mass is 10.2. The van der Waals surface area contributed by atoms with Crippen LogP contribution in [0.5, 0.6) is 17.4 Å². The van der Waals surface area contributed by atoms with Gasteiger partial charge >= 0.3 is 0 Å².